The molecule has 0 spiro atoms. The standard InChI is InChI=1S/C18H13F6N3O2/c19-12-5-9(3-4-11(12)17(20,21)18(22,23)24)10-6-13(15(25)28)26-14(7-10)27-16(29)8-1-2-8/h3-8H,1-2H2,(H2,25,28)(H,26,27,29). The zero-order valence-electron chi connectivity index (χ0n) is 14.5. The number of hydrogen-bond donors (Lipinski definition) is 2. The molecule has 0 aliphatic heterocycles. The molecule has 1 fully saturated rings. The summed E-state index contributed by atoms with van der Waals surface area (Å²) in [5.41, 5.74) is 2.97. The highest BCUT2D eigenvalue weighted by Crippen LogP contribution is 2.45. The highest BCUT2D eigenvalue weighted by molar-refractivity contribution is 5.96. The van der Waals surface area contributed by atoms with Crippen molar-refractivity contribution in [1.82, 2.24) is 4.98 Å². The van der Waals surface area contributed by atoms with Gasteiger partial charge in [-0.1, -0.05) is 6.07 Å². The molecule has 3 N–H and O–H groups in total. The molecule has 3 rings (SSSR count). The van der Waals surface area contributed by atoms with Gasteiger partial charge in [-0.25, -0.2) is 9.37 Å². The van der Waals surface area contributed by atoms with Crippen LogP contribution in [0.2, 0.25) is 0 Å². The fourth-order valence-corrected chi connectivity index (χ4v) is 2.56. The number of rotatable bonds is 5. The molecular formula is C18H13F6N3O2. The van der Waals surface area contributed by atoms with Gasteiger partial charge in [0, 0.05) is 5.92 Å². The highest BCUT2D eigenvalue weighted by Gasteiger charge is 2.59. The van der Waals surface area contributed by atoms with Gasteiger partial charge in [0.2, 0.25) is 5.91 Å². The van der Waals surface area contributed by atoms with E-state index in [0.29, 0.717) is 25.0 Å². The number of carbonyl (C=O) groups excluding carboxylic acids is 2. The average molecular weight is 417 g/mol. The number of anilines is 1. The molecule has 11 heteroatoms. The van der Waals surface area contributed by atoms with Crippen molar-refractivity contribution in [3.8, 4) is 11.1 Å². The topological polar surface area (TPSA) is 85.1 Å². The number of pyridine rings is 1. The minimum absolute atomic E-state index is 0.0423. The Hall–Kier alpha value is -3.11. The minimum Gasteiger partial charge on any atom is -0.364 e. The van der Waals surface area contributed by atoms with E-state index in [-0.39, 0.29) is 34.5 Å². The number of aromatic nitrogens is 1. The van der Waals surface area contributed by atoms with Gasteiger partial charge < -0.3 is 11.1 Å². The van der Waals surface area contributed by atoms with Crippen molar-refractivity contribution in [3.63, 3.8) is 0 Å². The zero-order valence-corrected chi connectivity index (χ0v) is 14.5. The van der Waals surface area contributed by atoms with E-state index in [1.54, 1.807) is 0 Å². The summed E-state index contributed by atoms with van der Waals surface area (Å²) < 4.78 is 78.4. The fourth-order valence-electron chi connectivity index (χ4n) is 2.56. The Balaban J connectivity index is 2.01. The quantitative estimate of drug-likeness (QED) is 0.722. The SMILES string of the molecule is NC(=O)c1cc(-c2ccc(C(F)(F)C(F)(F)F)c(F)c2)cc(NC(=O)C2CC2)n1. The molecule has 1 aromatic heterocycles. The van der Waals surface area contributed by atoms with Crippen LogP contribution in [-0.2, 0) is 10.7 Å². The van der Waals surface area contributed by atoms with E-state index in [9.17, 15) is 35.9 Å². The van der Waals surface area contributed by atoms with Crippen molar-refractivity contribution in [2.24, 2.45) is 11.7 Å². The largest absolute Gasteiger partial charge is 0.458 e. The monoisotopic (exact) mass is 417 g/mol. The zero-order chi connectivity index (χ0) is 21.6. The highest BCUT2D eigenvalue weighted by atomic mass is 19.4. The lowest BCUT2D eigenvalue weighted by molar-refractivity contribution is -0.290. The number of alkyl halides is 5. The fraction of sp³-hybridized carbons (Fsp3) is 0.278. The Labute approximate surface area is 159 Å². The third-order valence-corrected chi connectivity index (χ3v) is 4.27. The Morgan fingerprint density at radius 3 is 2.21 bits per heavy atom. The molecule has 0 bridgehead atoms. The van der Waals surface area contributed by atoms with Crippen molar-refractivity contribution in [2.45, 2.75) is 24.9 Å². The van der Waals surface area contributed by atoms with Gasteiger partial charge in [-0.3, -0.25) is 9.59 Å². The Bertz CT molecular complexity index is 986. The molecule has 1 aromatic carbocycles. The van der Waals surface area contributed by atoms with Crippen LogP contribution in [0.15, 0.2) is 30.3 Å². The second-order valence-corrected chi connectivity index (χ2v) is 6.52. The summed E-state index contributed by atoms with van der Waals surface area (Å²) in [6.07, 6.45) is -4.59. The first-order valence-electron chi connectivity index (χ1n) is 8.28. The van der Waals surface area contributed by atoms with Gasteiger partial charge >= 0.3 is 12.1 Å². The predicted octanol–water partition coefficient (Wildman–Crippen LogP) is 3.99. The van der Waals surface area contributed by atoms with Crippen LogP contribution in [0.3, 0.4) is 0 Å². The lowest BCUT2D eigenvalue weighted by Crippen LogP contribution is -2.34. The summed E-state index contributed by atoms with van der Waals surface area (Å²) in [4.78, 5) is 27.2. The molecule has 0 atom stereocenters. The van der Waals surface area contributed by atoms with Crippen LogP contribution in [0.4, 0.5) is 32.2 Å². The van der Waals surface area contributed by atoms with Crippen molar-refractivity contribution < 1.29 is 35.9 Å². The number of carbonyl (C=O) groups is 2. The van der Waals surface area contributed by atoms with Crippen LogP contribution in [0.25, 0.3) is 11.1 Å². The van der Waals surface area contributed by atoms with Crippen molar-refractivity contribution in [3.05, 3.63) is 47.4 Å². The Morgan fingerprint density at radius 1 is 1.03 bits per heavy atom. The Kier molecular flexibility index (Phi) is 5.01. The smallest absolute Gasteiger partial charge is 0.364 e. The minimum atomic E-state index is -5.97. The number of nitrogens with zero attached hydrogens (tertiary/aromatic N) is 1. The van der Waals surface area contributed by atoms with Crippen molar-refractivity contribution in [1.29, 1.82) is 0 Å². The summed E-state index contributed by atoms with van der Waals surface area (Å²) in [6, 6.07) is 3.95. The van der Waals surface area contributed by atoms with Crippen molar-refractivity contribution >= 4 is 17.6 Å². The molecule has 1 aliphatic carbocycles. The maximum absolute atomic E-state index is 14.1. The number of nitrogens with one attached hydrogen (secondary N) is 1. The predicted molar refractivity (Wildman–Crippen MR) is 89.5 cm³/mol. The lowest BCUT2D eigenvalue weighted by atomic mass is 10.00. The number of nitrogens with two attached hydrogens (primary N) is 1. The molecule has 5 nitrogen and oxygen atoms in total. The molecule has 2 amide bonds. The number of hydrogen-bond acceptors (Lipinski definition) is 3. The third-order valence-electron chi connectivity index (χ3n) is 4.27. The van der Waals surface area contributed by atoms with Gasteiger partial charge in [-0.15, -0.1) is 0 Å². The molecule has 2 aromatic rings. The molecule has 0 saturated heterocycles. The molecule has 0 radical (unpaired) electrons. The van der Waals surface area contributed by atoms with Crippen LogP contribution >= 0.6 is 0 Å². The van der Waals surface area contributed by atoms with Crippen molar-refractivity contribution in [2.75, 3.05) is 5.32 Å². The number of benzene rings is 1. The van der Waals surface area contributed by atoms with Gasteiger partial charge in [-0.2, -0.15) is 22.0 Å². The van der Waals surface area contributed by atoms with E-state index in [4.69, 9.17) is 5.73 Å². The van der Waals surface area contributed by atoms with E-state index in [2.05, 4.69) is 10.3 Å². The first-order valence-corrected chi connectivity index (χ1v) is 8.28. The van der Waals surface area contributed by atoms with E-state index in [1.807, 2.05) is 0 Å². The van der Waals surface area contributed by atoms with Gasteiger partial charge in [0.15, 0.2) is 0 Å². The van der Waals surface area contributed by atoms with Crippen LogP contribution in [0.1, 0.15) is 28.9 Å². The lowest BCUT2D eigenvalue weighted by Gasteiger charge is -2.20. The normalized spacial score (nSPS) is 14.6. The summed E-state index contributed by atoms with van der Waals surface area (Å²) in [5, 5.41) is 2.46. The number of primary amides is 1. The van der Waals surface area contributed by atoms with Crippen LogP contribution in [0.5, 0.6) is 0 Å². The van der Waals surface area contributed by atoms with Gasteiger partial charge in [0.25, 0.3) is 5.91 Å². The first kappa shape index (κ1) is 20.6. The molecule has 29 heavy (non-hydrogen) atoms. The second-order valence-electron chi connectivity index (χ2n) is 6.52. The summed E-state index contributed by atoms with van der Waals surface area (Å²) in [5.74, 6) is -8.77. The van der Waals surface area contributed by atoms with Crippen LogP contribution in [-0.4, -0.2) is 23.0 Å². The van der Waals surface area contributed by atoms with E-state index >= 15 is 0 Å². The average Bonchev–Trinajstić information content (AvgIpc) is 3.45. The van der Waals surface area contributed by atoms with E-state index in [1.165, 1.54) is 6.07 Å². The molecule has 1 aliphatic rings. The Morgan fingerprint density at radius 2 is 1.69 bits per heavy atom. The first-order chi connectivity index (χ1) is 13.4. The maximum atomic E-state index is 14.1. The summed E-state index contributed by atoms with van der Waals surface area (Å²) in [6.45, 7) is 0. The molecule has 154 valence electrons. The summed E-state index contributed by atoms with van der Waals surface area (Å²) in [7, 11) is 0. The summed E-state index contributed by atoms with van der Waals surface area (Å²) >= 11 is 0. The number of halogens is 6. The number of amides is 2. The van der Waals surface area contributed by atoms with Gasteiger partial charge in [0.05, 0.1) is 5.56 Å². The van der Waals surface area contributed by atoms with Crippen LogP contribution in [0, 0.1) is 11.7 Å². The third kappa shape index (κ3) is 4.17. The maximum Gasteiger partial charge on any atom is 0.458 e. The molecular weight excluding hydrogens is 404 g/mol. The molecule has 1 saturated carbocycles. The second kappa shape index (κ2) is 7.05. The van der Waals surface area contributed by atoms with Crippen LogP contribution < -0.4 is 11.1 Å². The van der Waals surface area contributed by atoms with E-state index in [0.717, 1.165) is 12.1 Å². The van der Waals surface area contributed by atoms with Gasteiger partial charge in [0.1, 0.15) is 17.3 Å². The molecule has 1 heterocycles. The van der Waals surface area contributed by atoms with E-state index < -0.39 is 29.4 Å². The van der Waals surface area contributed by atoms with Gasteiger partial charge in [-0.05, 0) is 48.2 Å². The molecule has 0 unspecified atom stereocenters.